The molecule has 0 heterocycles. The van der Waals surface area contributed by atoms with Crippen molar-refractivity contribution in [2.24, 2.45) is 0 Å². The van der Waals surface area contributed by atoms with Crippen LogP contribution >= 0.6 is 0 Å². The Morgan fingerprint density at radius 3 is 2.61 bits per heavy atom. The fraction of sp³-hybridized carbons (Fsp3) is 0.500. The first-order chi connectivity index (χ1) is 8.45. The monoisotopic (exact) mass is 251 g/mol. The molecule has 0 saturated carbocycles. The highest BCUT2D eigenvalue weighted by Gasteiger charge is 2.18. The maximum Gasteiger partial charge on any atom is 0.258 e. The zero-order chi connectivity index (χ0) is 13.6. The van der Waals surface area contributed by atoms with Gasteiger partial charge < -0.3 is 15.2 Å². The fourth-order valence-corrected chi connectivity index (χ4v) is 1.60. The highest BCUT2D eigenvalue weighted by atomic mass is 16.5. The van der Waals surface area contributed by atoms with Gasteiger partial charge in [0.25, 0.3) is 5.91 Å². The second-order valence-corrected chi connectivity index (χ2v) is 5.11. The predicted molar refractivity (Wildman–Crippen MR) is 70.7 cm³/mol. The number of aliphatic hydroxyl groups excluding tert-OH is 1. The Hall–Kier alpha value is -1.55. The highest BCUT2D eigenvalue weighted by molar-refractivity contribution is 5.77. The van der Waals surface area contributed by atoms with Crippen LogP contribution in [-0.2, 0) is 10.2 Å². The molecule has 0 aromatic heterocycles. The topological polar surface area (TPSA) is 58.6 Å². The number of rotatable bonds is 5. The summed E-state index contributed by atoms with van der Waals surface area (Å²) in [6, 6.07) is 7.70. The number of ether oxygens (including phenoxy) is 1. The largest absolute Gasteiger partial charge is 0.483 e. The maximum absolute atomic E-state index is 11.4. The molecule has 18 heavy (non-hydrogen) atoms. The summed E-state index contributed by atoms with van der Waals surface area (Å²) in [5.74, 6) is 0.497. The molecule has 0 aliphatic rings. The summed E-state index contributed by atoms with van der Waals surface area (Å²) in [5, 5.41) is 11.1. The first-order valence-electron chi connectivity index (χ1n) is 6.05. The maximum atomic E-state index is 11.4. The zero-order valence-corrected chi connectivity index (χ0v) is 11.2. The fourth-order valence-electron chi connectivity index (χ4n) is 1.60. The smallest absolute Gasteiger partial charge is 0.258 e. The molecule has 1 aromatic carbocycles. The molecular formula is C14H21NO3. The van der Waals surface area contributed by atoms with E-state index < -0.39 is 0 Å². The van der Waals surface area contributed by atoms with Gasteiger partial charge in [-0.2, -0.15) is 0 Å². The minimum Gasteiger partial charge on any atom is -0.483 e. The molecule has 2 N–H and O–H groups in total. The van der Waals surface area contributed by atoms with Gasteiger partial charge in [0.1, 0.15) is 5.75 Å². The quantitative estimate of drug-likeness (QED) is 0.833. The zero-order valence-electron chi connectivity index (χ0n) is 11.2. The Kier molecular flexibility index (Phi) is 5.16. The number of para-hydroxylation sites is 1. The van der Waals surface area contributed by atoms with Crippen molar-refractivity contribution in [2.45, 2.75) is 26.2 Å². The molecule has 0 fully saturated rings. The number of hydrogen-bond acceptors (Lipinski definition) is 3. The van der Waals surface area contributed by atoms with E-state index in [1.54, 1.807) is 0 Å². The van der Waals surface area contributed by atoms with Gasteiger partial charge in [0, 0.05) is 6.54 Å². The van der Waals surface area contributed by atoms with E-state index in [9.17, 15) is 4.79 Å². The van der Waals surface area contributed by atoms with E-state index in [1.807, 2.05) is 24.3 Å². The standard InChI is InChI=1S/C14H21NO3/c1-14(2,3)11-6-4-5-7-12(11)18-10-13(17)15-8-9-16/h4-7,16H,8-10H2,1-3H3,(H,15,17). The van der Waals surface area contributed by atoms with Crippen LogP contribution in [0.2, 0.25) is 0 Å². The minimum absolute atomic E-state index is 0.0296. The van der Waals surface area contributed by atoms with Crippen molar-refractivity contribution in [3.05, 3.63) is 29.8 Å². The average molecular weight is 251 g/mol. The summed E-state index contributed by atoms with van der Waals surface area (Å²) in [4.78, 5) is 11.4. The first-order valence-corrected chi connectivity index (χ1v) is 6.05. The number of carbonyl (C=O) groups excluding carboxylic acids is 1. The highest BCUT2D eigenvalue weighted by Crippen LogP contribution is 2.30. The van der Waals surface area contributed by atoms with E-state index in [0.29, 0.717) is 0 Å². The van der Waals surface area contributed by atoms with Crippen LogP contribution in [0.5, 0.6) is 5.75 Å². The van der Waals surface area contributed by atoms with Crippen LogP contribution in [0.1, 0.15) is 26.3 Å². The van der Waals surface area contributed by atoms with Crippen LogP contribution in [-0.4, -0.2) is 30.8 Å². The summed E-state index contributed by atoms with van der Waals surface area (Å²) in [6.45, 7) is 6.45. The van der Waals surface area contributed by atoms with Crippen molar-refractivity contribution < 1.29 is 14.6 Å². The molecule has 0 spiro atoms. The van der Waals surface area contributed by atoms with Crippen molar-refractivity contribution in [2.75, 3.05) is 19.8 Å². The van der Waals surface area contributed by atoms with Gasteiger partial charge in [0.05, 0.1) is 6.61 Å². The molecular weight excluding hydrogens is 230 g/mol. The average Bonchev–Trinajstić information content (AvgIpc) is 2.33. The Labute approximate surface area is 108 Å². The van der Waals surface area contributed by atoms with Crippen LogP contribution < -0.4 is 10.1 Å². The van der Waals surface area contributed by atoms with Crippen molar-refractivity contribution in [3.8, 4) is 5.75 Å². The van der Waals surface area contributed by atoms with E-state index in [-0.39, 0.29) is 31.1 Å². The Bertz CT molecular complexity index is 396. The van der Waals surface area contributed by atoms with Gasteiger partial charge in [-0.25, -0.2) is 0 Å². The Morgan fingerprint density at radius 2 is 2.00 bits per heavy atom. The summed E-state index contributed by atoms with van der Waals surface area (Å²) in [7, 11) is 0. The Balaban J connectivity index is 2.65. The molecule has 0 bridgehead atoms. The second-order valence-electron chi connectivity index (χ2n) is 5.11. The molecule has 1 rings (SSSR count). The van der Waals surface area contributed by atoms with Crippen LogP contribution in [0.15, 0.2) is 24.3 Å². The van der Waals surface area contributed by atoms with E-state index in [4.69, 9.17) is 9.84 Å². The van der Waals surface area contributed by atoms with E-state index >= 15 is 0 Å². The van der Waals surface area contributed by atoms with Gasteiger partial charge in [-0.1, -0.05) is 39.0 Å². The van der Waals surface area contributed by atoms with Gasteiger partial charge in [0.2, 0.25) is 0 Å². The van der Waals surface area contributed by atoms with Crippen molar-refractivity contribution in [1.29, 1.82) is 0 Å². The van der Waals surface area contributed by atoms with Gasteiger partial charge in [-0.15, -0.1) is 0 Å². The lowest BCUT2D eigenvalue weighted by molar-refractivity contribution is -0.123. The van der Waals surface area contributed by atoms with Gasteiger partial charge >= 0.3 is 0 Å². The van der Waals surface area contributed by atoms with Crippen molar-refractivity contribution >= 4 is 5.91 Å². The third-order valence-corrected chi connectivity index (χ3v) is 2.49. The number of hydrogen-bond donors (Lipinski definition) is 2. The van der Waals surface area contributed by atoms with Crippen LogP contribution in [0.25, 0.3) is 0 Å². The number of aliphatic hydroxyl groups is 1. The van der Waals surface area contributed by atoms with Crippen molar-refractivity contribution in [3.63, 3.8) is 0 Å². The molecule has 100 valence electrons. The molecule has 0 radical (unpaired) electrons. The van der Waals surface area contributed by atoms with E-state index in [0.717, 1.165) is 11.3 Å². The van der Waals surface area contributed by atoms with Gasteiger partial charge in [-0.05, 0) is 17.0 Å². The third-order valence-electron chi connectivity index (χ3n) is 2.49. The summed E-state index contributed by atoms with van der Waals surface area (Å²) in [6.07, 6.45) is 0. The summed E-state index contributed by atoms with van der Waals surface area (Å²) in [5.41, 5.74) is 1.04. The van der Waals surface area contributed by atoms with E-state index in [2.05, 4.69) is 26.1 Å². The first kappa shape index (κ1) is 14.5. The minimum atomic E-state index is -0.229. The molecule has 0 atom stereocenters. The normalized spacial score (nSPS) is 11.1. The summed E-state index contributed by atoms with van der Waals surface area (Å²) < 4.78 is 5.53. The summed E-state index contributed by atoms with van der Waals surface area (Å²) >= 11 is 0. The van der Waals surface area contributed by atoms with Gasteiger partial charge in [-0.3, -0.25) is 4.79 Å². The molecule has 1 amide bonds. The molecule has 0 saturated heterocycles. The van der Waals surface area contributed by atoms with Crippen LogP contribution in [0.3, 0.4) is 0 Å². The molecule has 1 aromatic rings. The molecule has 4 nitrogen and oxygen atoms in total. The molecule has 0 aliphatic carbocycles. The number of amides is 1. The molecule has 0 aliphatic heterocycles. The lowest BCUT2D eigenvalue weighted by atomic mass is 9.86. The number of nitrogens with one attached hydrogen (secondary N) is 1. The van der Waals surface area contributed by atoms with Gasteiger partial charge in [0.15, 0.2) is 6.61 Å². The van der Waals surface area contributed by atoms with E-state index in [1.165, 1.54) is 0 Å². The predicted octanol–water partition coefficient (Wildman–Crippen LogP) is 1.47. The molecule has 0 unspecified atom stereocenters. The second kappa shape index (κ2) is 6.40. The number of carbonyl (C=O) groups is 1. The lowest BCUT2D eigenvalue weighted by Crippen LogP contribution is -2.31. The van der Waals surface area contributed by atoms with Crippen molar-refractivity contribution in [1.82, 2.24) is 5.32 Å². The van der Waals surface area contributed by atoms with Crippen LogP contribution in [0, 0.1) is 0 Å². The number of benzene rings is 1. The molecule has 4 heteroatoms. The van der Waals surface area contributed by atoms with Crippen LogP contribution in [0.4, 0.5) is 0 Å². The SMILES string of the molecule is CC(C)(C)c1ccccc1OCC(=O)NCCO. The lowest BCUT2D eigenvalue weighted by Gasteiger charge is -2.22. The Morgan fingerprint density at radius 1 is 1.33 bits per heavy atom. The third kappa shape index (κ3) is 4.37.